The van der Waals surface area contributed by atoms with E-state index in [1.54, 1.807) is 24.3 Å². The molecule has 3 aromatic rings. The molecule has 1 aromatic heterocycles. The predicted molar refractivity (Wildman–Crippen MR) is 82.7 cm³/mol. The summed E-state index contributed by atoms with van der Waals surface area (Å²) in [7, 11) is 1.34. The molecule has 8 heteroatoms. The normalized spacial score (nSPS) is 10.7. The van der Waals surface area contributed by atoms with E-state index in [2.05, 4.69) is 9.97 Å². The number of rotatable bonds is 3. The summed E-state index contributed by atoms with van der Waals surface area (Å²) in [6.07, 6.45) is 0. The average molecular weight is 313 g/mol. The number of methoxy groups -OCH3 is 1. The van der Waals surface area contributed by atoms with Gasteiger partial charge in [-0.05, 0) is 18.2 Å². The van der Waals surface area contributed by atoms with Crippen molar-refractivity contribution in [1.29, 1.82) is 0 Å². The van der Waals surface area contributed by atoms with Crippen molar-refractivity contribution >= 4 is 16.6 Å². The zero-order chi connectivity index (χ0) is 16.6. The third kappa shape index (κ3) is 2.46. The lowest BCUT2D eigenvalue weighted by molar-refractivity contribution is -0.385. The molecule has 0 unspecified atom stereocenters. The van der Waals surface area contributed by atoms with Crippen molar-refractivity contribution in [2.24, 2.45) is 0 Å². The number of nitro groups is 1. The molecule has 23 heavy (non-hydrogen) atoms. The molecule has 2 N–H and O–H groups in total. The maximum absolute atomic E-state index is 12.1. The third-order valence-electron chi connectivity index (χ3n) is 3.36. The number of aromatic amines is 1. The number of hydrogen-bond acceptors (Lipinski definition) is 6. The monoisotopic (exact) mass is 313 g/mol. The molecule has 1 heterocycles. The molecule has 3 rings (SSSR count). The highest BCUT2D eigenvalue weighted by Crippen LogP contribution is 2.39. The van der Waals surface area contributed by atoms with Crippen LogP contribution in [0.3, 0.4) is 0 Å². The van der Waals surface area contributed by atoms with Crippen molar-refractivity contribution in [3.63, 3.8) is 0 Å². The number of ether oxygens (including phenoxy) is 1. The molecule has 0 bridgehead atoms. The van der Waals surface area contributed by atoms with Gasteiger partial charge in [-0.25, -0.2) is 4.98 Å². The second kappa shape index (κ2) is 5.41. The van der Waals surface area contributed by atoms with E-state index in [1.165, 1.54) is 13.2 Å². The minimum absolute atomic E-state index is 0.0129. The highest BCUT2D eigenvalue weighted by Gasteiger charge is 2.22. The summed E-state index contributed by atoms with van der Waals surface area (Å²) in [6.45, 7) is 0. The lowest BCUT2D eigenvalue weighted by atomic mass is 10.1. The average Bonchev–Trinajstić information content (AvgIpc) is 2.54. The van der Waals surface area contributed by atoms with Gasteiger partial charge in [0.15, 0.2) is 0 Å². The lowest BCUT2D eigenvalue weighted by Gasteiger charge is -2.08. The third-order valence-corrected chi connectivity index (χ3v) is 3.36. The van der Waals surface area contributed by atoms with Gasteiger partial charge in [-0.2, -0.15) is 0 Å². The molecule has 0 amide bonds. The van der Waals surface area contributed by atoms with Crippen molar-refractivity contribution in [3.8, 4) is 22.9 Å². The van der Waals surface area contributed by atoms with Gasteiger partial charge in [0.1, 0.15) is 11.6 Å². The number of nitrogens with zero attached hydrogens (tertiary/aromatic N) is 2. The number of nitrogens with one attached hydrogen (secondary N) is 1. The molecule has 0 saturated heterocycles. The van der Waals surface area contributed by atoms with Crippen LogP contribution >= 0.6 is 0 Å². The van der Waals surface area contributed by atoms with Crippen molar-refractivity contribution in [3.05, 3.63) is 56.9 Å². The van der Waals surface area contributed by atoms with E-state index in [0.29, 0.717) is 10.9 Å². The van der Waals surface area contributed by atoms with Gasteiger partial charge < -0.3 is 14.8 Å². The Bertz CT molecular complexity index is 980. The van der Waals surface area contributed by atoms with Crippen molar-refractivity contribution in [2.75, 3.05) is 7.11 Å². The van der Waals surface area contributed by atoms with Gasteiger partial charge >= 0.3 is 5.69 Å². The maximum Gasteiger partial charge on any atom is 0.315 e. The van der Waals surface area contributed by atoms with Crippen LogP contribution in [0.5, 0.6) is 11.5 Å². The number of benzene rings is 2. The summed E-state index contributed by atoms with van der Waals surface area (Å²) >= 11 is 0. The highest BCUT2D eigenvalue weighted by molar-refractivity contribution is 5.81. The SMILES string of the molecule is COc1cc(-c2nc3ccccc3c(=O)[nH]2)c(O)c([N+](=O)[O-])c1. The Balaban J connectivity index is 2.32. The zero-order valence-corrected chi connectivity index (χ0v) is 11.9. The van der Waals surface area contributed by atoms with Gasteiger partial charge in [0, 0.05) is 0 Å². The number of H-pyrrole nitrogens is 1. The number of hydrogen-bond donors (Lipinski definition) is 2. The van der Waals surface area contributed by atoms with Crippen LogP contribution in [0.4, 0.5) is 5.69 Å². The zero-order valence-electron chi connectivity index (χ0n) is 11.9. The Hall–Kier alpha value is -3.42. The van der Waals surface area contributed by atoms with E-state index in [-0.39, 0.29) is 17.1 Å². The van der Waals surface area contributed by atoms with Gasteiger partial charge in [0.2, 0.25) is 5.75 Å². The lowest BCUT2D eigenvalue weighted by Crippen LogP contribution is -2.09. The van der Waals surface area contributed by atoms with Crippen LogP contribution in [0.1, 0.15) is 0 Å². The van der Waals surface area contributed by atoms with Crippen LogP contribution in [0.15, 0.2) is 41.2 Å². The molecule has 0 fully saturated rings. The predicted octanol–water partition coefficient (Wildman–Crippen LogP) is 2.21. The van der Waals surface area contributed by atoms with Gasteiger partial charge in [0.05, 0.1) is 34.6 Å². The Morgan fingerprint density at radius 1 is 1.30 bits per heavy atom. The molecule has 0 saturated carbocycles. The Morgan fingerprint density at radius 2 is 2.04 bits per heavy atom. The second-order valence-corrected chi connectivity index (χ2v) is 4.73. The topological polar surface area (TPSA) is 118 Å². The molecule has 8 nitrogen and oxygen atoms in total. The van der Waals surface area contributed by atoms with Crippen LogP contribution in [0.25, 0.3) is 22.3 Å². The minimum Gasteiger partial charge on any atom is -0.502 e. The van der Waals surface area contributed by atoms with E-state index in [9.17, 15) is 20.0 Å². The van der Waals surface area contributed by atoms with Gasteiger partial charge in [-0.3, -0.25) is 14.9 Å². The largest absolute Gasteiger partial charge is 0.502 e. The Kier molecular flexibility index (Phi) is 3.41. The molecular weight excluding hydrogens is 302 g/mol. The fourth-order valence-corrected chi connectivity index (χ4v) is 2.24. The van der Waals surface area contributed by atoms with E-state index in [4.69, 9.17) is 4.74 Å². The molecular formula is C15H11N3O5. The molecule has 116 valence electrons. The number of phenols is 1. The molecule has 0 spiro atoms. The number of phenolic OH excluding ortho intramolecular Hbond substituents is 1. The van der Waals surface area contributed by atoms with Gasteiger partial charge in [-0.15, -0.1) is 0 Å². The maximum atomic E-state index is 12.1. The second-order valence-electron chi connectivity index (χ2n) is 4.73. The minimum atomic E-state index is -0.736. The van der Waals surface area contributed by atoms with Crippen LogP contribution in [0.2, 0.25) is 0 Å². The molecule has 0 aliphatic heterocycles. The molecule has 2 aromatic carbocycles. The Labute approximate surface area is 129 Å². The van der Waals surface area contributed by atoms with Crippen LogP contribution < -0.4 is 10.3 Å². The van der Waals surface area contributed by atoms with Crippen LogP contribution in [0, 0.1) is 10.1 Å². The molecule has 0 radical (unpaired) electrons. The number of para-hydroxylation sites is 1. The van der Waals surface area contributed by atoms with E-state index < -0.39 is 21.9 Å². The Morgan fingerprint density at radius 3 is 2.74 bits per heavy atom. The quantitative estimate of drug-likeness (QED) is 0.565. The van der Waals surface area contributed by atoms with Crippen molar-refractivity contribution in [1.82, 2.24) is 9.97 Å². The summed E-state index contributed by atoms with van der Waals surface area (Å²) in [5.41, 5.74) is -0.513. The summed E-state index contributed by atoms with van der Waals surface area (Å²) in [5.74, 6) is -0.400. The number of nitro benzene ring substituents is 1. The smallest absolute Gasteiger partial charge is 0.315 e. The summed E-state index contributed by atoms with van der Waals surface area (Å²) in [5, 5.41) is 21.6. The van der Waals surface area contributed by atoms with Gasteiger partial charge in [0.25, 0.3) is 5.56 Å². The van der Waals surface area contributed by atoms with Gasteiger partial charge in [-0.1, -0.05) is 12.1 Å². The van der Waals surface area contributed by atoms with E-state index in [1.807, 2.05) is 0 Å². The molecule has 0 aliphatic carbocycles. The van der Waals surface area contributed by atoms with Crippen LogP contribution in [-0.4, -0.2) is 27.1 Å². The first-order chi connectivity index (χ1) is 11.0. The van der Waals surface area contributed by atoms with Crippen LogP contribution in [-0.2, 0) is 0 Å². The summed E-state index contributed by atoms with van der Waals surface area (Å²) < 4.78 is 5.00. The fraction of sp³-hybridized carbons (Fsp3) is 0.0667. The standard InChI is InChI=1S/C15H11N3O5/c1-23-8-6-10(13(19)12(7-8)18(21)22)14-16-11-5-3-2-4-9(11)15(20)17-14/h2-7,19H,1H3,(H,16,17,20). The molecule has 0 aliphatic rings. The van der Waals surface area contributed by atoms with Crippen molar-refractivity contribution < 1.29 is 14.8 Å². The highest BCUT2D eigenvalue weighted by atomic mass is 16.6. The number of fused-ring (bicyclic) bond motifs is 1. The van der Waals surface area contributed by atoms with Crippen molar-refractivity contribution in [2.45, 2.75) is 0 Å². The number of aromatic nitrogens is 2. The number of aromatic hydroxyl groups is 1. The molecule has 0 atom stereocenters. The van der Waals surface area contributed by atoms with E-state index in [0.717, 1.165) is 6.07 Å². The summed E-state index contributed by atoms with van der Waals surface area (Å²) in [6, 6.07) is 9.13. The summed E-state index contributed by atoms with van der Waals surface area (Å²) in [4.78, 5) is 29.2. The first kappa shape index (κ1) is 14.5. The first-order valence-electron chi connectivity index (χ1n) is 6.56. The first-order valence-corrected chi connectivity index (χ1v) is 6.56. The fourth-order valence-electron chi connectivity index (χ4n) is 2.24. The van der Waals surface area contributed by atoms with E-state index >= 15 is 0 Å².